The van der Waals surface area contributed by atoms with E-state index in [-0.39, 0.29) is 6.04 Å². The Kier molecular flexibility index (Phi) is 6.57. The number of carboxylic acid groups (broad SMARTS) is 1. The molecule has 1 aliphatic carbocycles. The molecule has 0 radical (unpaired) electrons. The maximum absolute atomic E-state index is 11.3. The van der Waals surface area contributed by atoms with Crippen LogP contribution in [0.25, 0.3) is 0 Å². The van der Waals surface area contributed by atoms with Crippen LogP contribution in [0.1, 0.15) is 18.9 Å². The summed E-state index contributed by atoms with van der Waals surface area (Å²) in [6.07, 6.45) is 6.63. The summed E-state index contributed by atoms with van der Waals surface area (Å²) in [4.78, 5) is 13.6. The minimum absolute atomic E-state index is 0.178. The van der Waals surface area contributed by atoms with E-state index in [1.807, 2.05) is 54.6 Å². The highest BCUT2D eigenvalue weighted by Crippen LogP contribution is 2.39. The molecule has 0 spiro atoms. The van der Waals surface area contributed by atoms with Crippen molar-refractivity contribution in [2.45, 2.75) is 31.9 Å². The third-order valence-corrected chi connectivity index (χ3v) is 5.45. The molecule has 2 aromatic rings. The fourth-order valence-electron chi connectivity index (χ4n) is 3.95. The number of carboxylic acids is 1. The van der Waals surface area contributed by atoms with Crippen molar-refractivity contribution in [1.82, 2.24) is 0 Å². The lowest BCUT2D eigenvalue weighted by atomic mass is 10.0. The topological polar surface area (TPSA) is 68.2 Å². The van der Waals surface area contributed by atoms with Crippen molar-refractivity contribution in [3.63, 3.8) is 0 Å². The molecule has 4 rings (SSSR count). The molecule has 2 aliphatic rings. The molecule has 162 valence electrons. The van der Waals surface area contributed by atoms with E-state index >= 15 is 0 Å². The number of benzene rings is 2. The van der Waals surface area contributed by atoms with Crippen LogP contribution in [0.5, 0.6) is 11.5 Å². The van der Waals surface area contributed by atoms with E-state index in [0.717, 1.165) is 41.5 Å². The Morgan fingerprint density at radius 3 is 2.81 bits per heavy atom. The molecule has 0 amide bonds. The van der Waals surface area contributed by atoms with Crippen molar-refractivity contribution in [2.75, 3.05) is 24.7 Å². The van der Waals surface area contributed by atoms with Gasteiger partial charge in [-0.1, -0.05) is 36.4 Å². The van der Waals surface area contributed by atoms with Gasteiger partial charge in [-0.15, -0.1) is 0 Å². The van der Waals surface area contributed by atoms with Crippen LogP contribution < -0.4 is 14.4 Å². The van der Waals surface area contributed by atoms with Gasteiger partial charge in [0.2, 0.25) is 0 Å². The van der Waals surface area contributed by atoms with Gasteiger partial charge in [0.15, 0.2) is 6.10 Å². The highest BCUT2D eigenvalue weighted by molar-refractivity contribution is 5.72. The molecule has 6 nitrogen and oxygen atoms in total. The molecule has 1 N–H and O–H groups in total. The van der Waals surface area contributed by atoms with Gasteiger partial charge in [0.1, 0.15) is 23.9 Å². The molecule has 0 aromatic heterocycles. The van der Waals surface area contributed by atoms with Crippen LogP contribution in [0.2, 0.25) is 0 Å². The van der Waals surface area contributed by atoms with Crippen molar-refractivity contribution < 1.29 is 24.1 Å². The van der Waals surface area contributed by atoms with Crippen LogP contribution in [0, 0.1) is 0 Å². The monoisotopic (exact) mass is 421 g/mol. The number of hydrogen-bond acceptors (Lipinski definition) is 5. The van der Waals surface area contributed by atoms with Gasteiger partial charge in [0.25, 0.3) is 0 Å². The number of allylic oxidation sites excluding steroid dienone is 2. The summed E-state index contributed by atoms with van der Waals surface area (Å²) in [5.41, 5.74) is 1.98. The van der Waals surface area contributed by atoms with E-state index < -0.39 is 12.1 Å². The number of rotatable bonds is 9. The molecule has 0 saturated heterocycles. The van der Waals surface area contributed by atoms with E-state index in [9.17, 15) is 9.90 Å². The van der Waals surface area contributed by atoms with E-state index in [2.05, 4.69) is 17.0 Å². The molecular weight excluding hydrogens is 394 g/mol. The van der Waals surface area contributed by atoms with Crippen LogP contribution in [0.4, 0.5) is 5.69 Å². The predicted octanol–water partition coefficient (Wildman–Crippen LogP) is 4.21. The normalized spacial score (nSPS) is 17.8. The van der Waals surface area contributed by atoms with Crippen molar-refractivity contribution in [3.05, 3.63) is 78.1 Å². The zero-order valence-corrected chi connectivity index (χ0v) is 17.6. The maximum Gasteiger partial charge on any atom is 0.333 e. The lowest BCUT2D eigenvalue weighted by Crippen LogP contribution is -2.44. The second-order valence-corrected chi connectivity index (χ2v) is 7.49. The minimum atomic E-state index is -0.945. The Morgan fingerprint density at radius 2 is 2.03 bits per heavy atom. The fourth-order valence-corrected chi connectivity index (χ4v) is 3.95. The predicted molar refractivity (Wildman–Crippen MR) is 119 cm³/mol. The summed E-state index contributed by atoms with van der Waals surface area (Å²) in [5, 5.41) is 9.24. The fraction of sp³-hybridized carbons (Fsp3) is 0.320. The number of fused-ring (bicyclic) bond motifs is 2. The Labute approximate surface area is 182 Å². The number of aliphatic carboxylic acids is 1. The lowest BCUT2D eigenvalue weighted by molar-refractivity contribution is -0.149. The number of carbonyl (C=O) groups is 1. The van der Waals surface area contributed by atoms with Gasteiger partial charge in [0, 0.05) is 13.0 Å². The molecule has 0 fully saturated rings. The van der Waals surface area contributed by atoms with Gasteiger partial charge < -0.3 is 24.2 Å². The van der Waals surface area contributed by atoms with Crippen LogP contribution in [0.15, 0.2) is 72.5 Å². The Hall–Kier alpha value is -3.25. The number of anilines is 1. The third-order valence-electron chi connectivity index (χ3n) is 5.45. The standard InChI is InChI=1S/C25H27NO5/c1-2-29-24(25(27)28)17-18-11-13-19(14-12-18)30-16-15-26-20-7-3-5-9-22(20)31-23-10-6-4-8-21(23)26/h3-7,9-14,21,24H,2,8,15-17H2,1H3,(H,27,28)/t21?,24-/m0/s1. The van der Waals surface area contributed by atoms with Crippen molar-refractivity contribution in [2.24, 2.45) is 0 Å². The smallest absolute Gasteiger partial charge is 0.333 e. The summed E-state index contributed by atoms with van der Waals surface area (Å²) in [6.45, 7) is 3.42. The van der Waals surface area contributed by atoms with Crippen LogP contribution in [0.3, 0.4) is 0 Å². The van der Waals surface area contributed by atoms with Crippen molar-refractivity contribution in [1.29, 1.82) is 0 Å². The van der Waals surface area contributed by atoms with E-state index in [4.69, 9.17) is 14.2 Å². The van der Waals surface area contributed by atoms with Crippen LogP contribution in [-0.2, 0) is 16.0 Å². The molecule has 31 heavy (non-hydrogen) atoms. The Morgan fingerprint density at radius 1 is 1.23 bits per heavy atom. The lowest BCUT2D eigenvalue weighted by Gasteiger charge is -2.40. The van der Waals surface area contributed by atoms with Crippen molar-refractivity contribution >= 4 is 11.7 Å². The first kappa shape index (κ1) is 21.0. The highest BCUT2D eigenvalue weighted by atomic mass is 16.5. The number of para-hydroxylation sites is 2. The van der Waals surface area contributed by atoms with Gasteiger partial charge in [-0.2, -0.15) is 0 Å². The van der Waals surface area contributed by atoms with Gasteiger partial charge in [-0.3, -0.25) is 0 Å². The Bertz CT molecular complexity index is 966. The van der Waals surface area contributed by atoms with E-state index in [1.165, 1.54) is 0 Å². The highest BCUT2D eigenvalue weighted by Gasteiger charge is 2.31. The quantitative estimate of drug-likeness (QED) is 0.654. The molecule has 1 unspecified atom stereocenters. The first-order chi connectivity index (χ1) is 15.2. The van der Waals surface area contributed by atoms with Crippen LogP contribution >= 0.6 is 0 Å². The zero-order chi connectivity index (χ0) is 21.6. The first-order valence-electron chi connectivity index (χ1n) is 10.6. The first-order valence-corrected chi connectivity index (χ1v) is 10.6. The molecular formula is C25H27NO5. The molecule has 2 aromatic carbocycles. The minimum Gasteiger partial charge on any atom is -0.492 e. The molecule has 1 heterocycles. The summed E-state index contributed by atoms with van der Waals surface area (Å²) in [7, 11) is 0. The molecule has 0 saturated carbocycles. The van der Waals surface area contributed by atoms with Crippen molar-refractivity contribution in [3.8, 4) is 11.5 Å². The number of ether oxygens (including phenoxy) is 3. The molecule has 6 heteroatoms. The number of nitrogens with zero attached hydrogens (tertiary/aromatic N) is 1. The second kappa shape index (κ2) is 9.71. The summed E-state index contributed by atoms with van der Waals surface area (Å²) in [6, 6.07) is 15.8. The average Bonchev–Trinajstić information content (AvgIpc) is 2.79. The number of hydrogen-bond donors (Lipinski definition) is 1. The summed E-state index contributed by atoms with van der Waals surface area (Å²) >= 11 is 0. The van der Waals surface area contributed by atoms with E-state index in [0.29, 0.717) is 19.6 Å². The average molecular weight is 421 g/mol. The molecule has 0 bridgehead atoms. The van der Waals surface area contributed by atoms with Gasteiger partial charge in [0.05, 0.1) is 18.3 Å². The van der Waals surface area contributed by atoms with Gasteiger partial charge >= 0.3 is 5.97 Å². The third kappa shape index (κ3) is 4.91. The van der Waals surface area contributed by atoms with Crippen LogP contribution in [-0.4, -0.2) is 43.0 Å². The zero-order valence-electron chi connectivity index (χ0n) is 17.6. The van der Waals surface area contributed by atoms with E-state index in [1.54, 1.807) is 6.92 Å². The second-order valence-electron chi connectivity index (χ2n) is 7.49. The Balaban J connectivity index is 1.37. The molecule has 1 aliphatic heterocycles. The van der Waals surface area contributed by atoms with Gasteiger partial charge in [-0.25, -0.2) is 4.79 Å². The van der Waals surface area contributed by atoms with Gasteiger partial charge in [-0.05, 0) is 49.2 Å². The SMILES string of the molecule is CCO[C@@H](Cc1ccc(OCCN2c3ccccc3OC3=CC=CCC32)cc1)C(=O)O. The largest absolute Gasteiger partial charge is 0.492 e. The molecule has 2 atom stereocenters. The maximum atomic E-state index is 11.3. The summed E-state index contributed by atoms with van der Waals surface area (Å²) < 4.78 is 17.4. The summed E-state index contributed by atoms with van der Waals surface area (Å²) in [5.74, 6) is 1.65.